The first-order valence-corrected chi connectivity index (χ1v) is 9.79. The van der Waals surface area contributed by atoms with Crippen LogP contribution in [0.25, 0.3) is 5.65 Å². The lowest BCUT2D eigenvalue weighted by molar-refractivity contribution is -0.140. The van der Waals surface area contributed by atoms with Crippen LogP contribution in [0.5, 0.6) is 0 Å². The van der Waals surface area contributed by atoms with Crippen molar-refractivity contribution in [2.75, 3.05) is 13.1 Å². The van der Waals surface area contributed by atoms with Crippen molar-refractivity contribution in [2.45, 2.75) is 50.7 Å². The van der Waals surface area contributed by atoms with E-state index in [0.717, 1.165) is 19.4 Å². The number of nitrogens with one attached hydrogen (secondary N) is 1. The first-order valence-electron chi connectivity index (χ1n) is 9.79. The molecule has 2 heterocycles. The highest BCUT2D eigenvalue weighted by atomic mass is 16.4. The number of nitrogens with zero attached hydrogens (tertiary/aromatic N) is 4. The third-order valence-corrected chi connectivity index (χ3v) is 5.56. The number of aromatic nitrogens is 3. The van der Waals surface area contributed by atoms with Gasteiger partial charge < -0.3 is 10.4 Å². The molecule has 1 amide bonds. The molecule has 0 unspecified atom stereocenters. The Hall–Kier alpha value is -2.68. The summed E-state index contributed by atoms with van der Waals surface area (Å²) >= 11 is 0. The van der Waals surface area contributed by atoms with E-state index < -0.39 is 5.97 Å². The molecule has 150 valence electrons. The number of hydrogen-bond donors (Lipinski definition) is 2. The van der Waals surface area contributed by atoms with Crippen molar-refractivity contribution in [3.8, 4) is 0 Å². The summed E-state index contributed by atoms with van der Waals surface area (Å²) in [6.07, 6.45) is 5.77. The zero-order valence-electron chi connectivity index (χ0n) is 15.7. The molecule has 9 nitrogen and oxygen atoms in total. The second kappa shape index (κ2) is 7.75. The van der Waals surface area contributed by atoms with Gasteiger partial charge in [0, 0.05) is 31.2 Å². The molecular weight excluding hydrogens is 362 g/mol. The zero-order valence-corrected chi connectivity index (χ0v) is 15.7. The first kappa shape index (κ1) is 18.7. The Morgan fingerprint density at radius 1 is 1.29 bits per heavy atom. The molecule has 0 atom stereocenters. The number of rotatable bonds is 9. The average molecular weight is 387 g/mol. The number of carboxylic acids is 1. The maximum Gasteiger partial charge on any atom is 0.350 e. The number of amides is 1. The quantitative estimate of drug-likeness (QED) is 0.642. The number of carbonyl (C=O) groups excluding carboxylic acids is 1. The Bertz CT molecular complexity index is 926. The lowest BCUT2D eigenvalue weighted by atomic mass is 9.85. The second-order valence-corrected chi connectivity index (χ2v) is 7.84. The Morgan fingerprint density at radius 3 is 2.75 bits per heavy atom. The van der Waals surface area contributed by atoms with Crippen molar-refractivity contribution in [3.63, 3.8) is 0 Å². The number of pyridine rings is 1. The van der Waals surface area contributed by atoms with E-state index in [-0.39, 0.29) is 43.2 Å². The predicted molar refractivity (Wildman–Crippen MR) is 101 cm³/mol. The minimum Gasteiger partial charge on any atom is -0.480 e. The molecule has 2 N–H and O–H groups in total. The molecule has 0 saturated heterocycles. The molecule has 0 aromatic carbocycles. The summed E-state index contributed by atoms with van der Waals surface area (Å²) in [4.78, 5) is 37.5. The van der Waals surface area contributed by atoms with Crippen LogP contribution in [0.1, 0.15) is 32.1 Å². The van der Waals surface area contributed by atoms with Gasteiger partial charge in [0.2, 0.25) is 5.91 Å². The maximum atomic E-state index is 12.2. The molecule has 2 aromatic heterocycles. The van der Waals surface area contributed by atoms with Gasteiger partial charge in [-0.15, -0.1) is 5.10 Å². The van der Waals surface area contributed by atoms with Crippen LogP contribution >= 0.6 is 0 Å². The first-order chi connectivity index (χ1) is 13.5. The van der Waals surface area contributed by atoms with Crippen LogP contribution in [0.4, 0.5) is 0 Å². The van der Waals surface area contributed by atoms with E-state index in [1.54, 1.807) is 18.3 Å². The largest absolute Gasteiger partial charge is 0.480 e. The summed E-state index contributed by atoms with van der Waals surface area (Å²) in [6.45, 7) is 1.14. The zero-order chi connectivity index (χ0) is 19.7. The van der Waals surface area contributed by atoms with E-state index in [1.807, 2.05) is 11.0 Å². The molecule has 4 rings (SSSR count). The van der Waals surface area contributed by atoms with Gasteiger partial charge in [0.05, 0.1) is 13.1 Å². The molecule has 0 bridgehead atoms. The highest BCUT2D eigenvalue weighted by molar-refractivity contribution is 5.76. The summed E-state index contributed by atoms with van der Waals surface area (Å²) in [6, 6.07) is 5.62. The van der Waals surface area contributed by atoms with Gasteiger partial charge in [0.25, 0.3) is 0 Å². The third kappa shape index (κ3) is 4.24. The predicted octanol–water partition coefficient (Wildman–Crippen LogP) is 0.330. The molecule has 2 aliphatic rings. The number of fused-ring (bicyclic) bond motifs is 1. The van der Waals surface area contributed by atoms with Gasteiger partial charge in [0.1, 0.15) is 0 Å². The van der Waals surface area contributed by atoms with Gasteiger partial charge in [-0.1, -0.05) is 6.07 Å². The van der Waals surface area contributed by atoms with Crippen molar-refractivity contribution in [1.82, 2.24) is 24.4 Å². The topological polar surface area (TPSA) is 109 Å². The molecule has 0 spiro atoms. The van der Waals surface area contributed by atoms with Crippen molar-refractivity contribution in [1.29, 1.82) is 0 Å². The van der Waals surface area contributed by atoms with Crippen LogP contribution in [0.15, 0.2) is 29.2 Å². The molecule has 28 heavy (non-hydrogen) atoms. The van der Waals surface area contributed by atoms with Gasteiger partial charge >= 0.3 is 11.7 Å². The standard InChI is InChI=1S/C19H25N5O4/c25-17(6-8-24-19(28)23-7-2-1-3-16(23)21-24)20-14-9-15(10-14)22(12-18(26)27)11-13-4-5-13/h1-3,7,13-15H,4-6,8-12H2,(H,20,25)(H,26,27). The smallest absolute Gasteiger partial charge is 0.350 e. The van der Waals surface area contributed by atoms with Crippen molar-refractivity contribution >= 4 is 17.5 Å². The van der Waals surface area contributed by atoms with E-state index >= 15 is 0 Å². The summed E-state index contributed by atoms with van der Waals surface area (Å²) in [5, 5.41) is 16.3. The lowest BCUT2D eigenvalue weighted by Crippen LogP contribution is -2.55. The van der Waals surface area contributed by atoms with E-state index in [2.05, 4.69) is 10.4 Å². The van der Waals surface area contributed by atoms with Gasteiger partial charge in [-0.05, 0) is 43.7 Å². The number of carbonyl (C=O) groups is 2. The molecule has 0 aliphatic heterocycles. The second-order valence-electron chi connectivity index (χ2n) is 7.84. The SMILES string of the molecule is O=C(O)CN(CC1CC1)C1CC(NC(=O)CCn2nc3ccccn3c2=O)C1. The molecule has 2 fully saturated rings. The molecule has 2 aromatic rings. The fraction of sp³-hybridized carbons (Fsp3) is 0.579. The Morgan fingerprint density at radius 2 is 2.07 bits per heavy atom. The monoisotopic (exact) mass is 387 g/mol. The van der Waals surface area contributed by atoms with Crippen LogP contribution < -0.4 is 11.0 Å². The molecular formula is C19H25N5O4. The molecule has 2 saturated carbocycles. The van der Waals surface area contributed by atoms with E-state index in [9.17, 15) is 14.4 Å². The summed E-state index contributed by atoms with van der Waals surface area (Å²) in [5.74, 6) is -0.276. The Kier molecular flexibility index (Phi) is 5.17. The molecule has 9 heteroatoms. The summed E-state index contributed by atoms with van der Waals surface area (Å²) in [7, 11) is 0. The average Bonchev–Trinajstić information content (AvgIpc) is 3.38. The minimum atomic E-state index is -0.800. The van der Waals surface area contributed by atoms with Crippen molar-refractivity contribution in [3.05, 3.63) is 34.9 Å². The number of hydrogen-bond acceptors (Lipinski definition) is 5. The Labute approximate surface area is 161 Å². The van der Waals surface area contributed by atoms with Crippen LogP contribution in [0.2, 0.25) is 0 Å². The lowest BCUT2D eigenvalue weighted by Gasteiger charge is -2.42. The molecule has 2 aliphatic carbocycles. The van der Waals surface area contributed by atoms with Crippen molar-refractivity contribution in [2.24, 2.45) is 5.92 Å². The Balaban J connectivity index is 1.24. The van der Waals surface area contributed by atoms with Crippen LogP contribution in [0, 0.1) is 5.92 Å². The van der Waals surface area contributed by atoms with Crippen molar-refractivity contribution < 1.29 is 14.7 Å². The van der Waals surface area contributed by atoms with Crippen LogP contribution in [-0.2, 0) is 16.1 Å². The number of carboxylic acid groups (broad SMARTS) is 1. The summed E-state index contributed by atoms with van der Waals surface area (Å²) in [5.41, 5.74) is 0.306. The number of aryl methyl sites for hydroxylation is 1. The van der Waals surface area contributed by atoms with Gasteiger partial charge in [-0.2, -0.15) is 0 Å². The van der Waals surface area contributed by atoms with E-state index in [4.69, 9.17) is 5.11 Å². The van der Waals surface area contributed by atoms with Gasteiger partial charge in [-0.3, -0.25) is 18.9 Å². The van der Waals surface area contributed by atoms with Crippen LogP contribution in [0.3, 0.4) is 0 Å². The minimum absolute atomic E-state index is 0.0681. The normalized spacial score (nSPS) is 21.6. The van der Waals surface area contributed by atoms with Crippen LogP contribution in [-0.4, -0.2) is 61.2 Å². The fourth-order valence-electron chi connectivity index (χ4n) is 3.77. The number of aliphatic carboxylic acids is 1. The highest BCUT2D eigenvalue weighted by Gasteiger charge is 2.37. The molecule has 0 radical (unpaired) electrons. The fourth-order valence-corrected chi connectivity index (χ4v) is 3.77. The highest BCUT2D eigenvalue weighted by Crippen LogP contribution is 2.33. The van der Waals surface area contributed by atoms with E-state index in [1.165, 1.54) is 21.9 Å². The third-order valence-electron chi connectivity index (χ3n) is 5.56. The maximum absolute atomic E-state index is 12.2. The van der Waals surface area contributed by atoms with Gasteiger partial charge in [0.15, 0.2) is 5.65 Å². The van der Waals surface area contributed by atoms with Gasteiger partial charge in [-0.25, -0.2) is 9.48 Å². The van der Waals surface area contributed by atoms with E-state index in [0.29, 0.717) is 11.6 Å². The summed E-state index contributed by atoms with van der Waals surface area (Å²) < 4.78 is 2.76.